The van der Waals surface area contributed by atoms with E-state index in [0.717, 1.165) is 17.5 Å². The lowest BCUT2D eigenvalue weighted by molar-refractivity contribution is -0.143. The number of benzene rings is 1. The second-order valence-corrected chi connectivity index (χ2v) is 8.85. The van der Waals surface area contributed by atoms with Gasteiger partial charge in [0.15, 0.2) is 0 Å². The molecular weight excluding hydrogens is 403 g/mol. The predicted octanol–water partition coefficient (Wildman–Crippen LogP) is 3.88. The third-order valence-corrected chi connectivity index (χ3v) is 6.38. The molecule has 0 fully saturated rings. The van der Waals surface area contributed by atoms with Gasteiger partial charge in [0.1, 0.15) is 5.82 Å². The molecule has 1 aliphatic heterocycles. The average Bonchev–Trinajstić information content (AvgIpc) is 3.21. The van der Waals surface area contributed by atoms with E-state index in [-0.39, 0.29) is 36.1 Å². The Morgan fingerprint density at radius 3 is 2.67 bits per heavy atom. The number of hydrogen-bond acceptors (Lipinski definition) is 4. The summed E-state index contributed by atoms with van der Waals surface area (Å²) in [5.41, 5.74) is 1.97. The first-order chi connectivity index (χ1) is 14.4. The third kappa shape index (κ3) is 5.08. The number of methoxy groups -OCH3 is 1. The number of hydrogen-bond donors (Lipinski definition) is 0. The summed E-state index contributed by atoms with van der Waals surface area (Å²) in [6.07, 6.45) is 1.47. The van der Waals surface area contributed by atoms with Gasteiger partial charge in [-0.3, -0.25) is 9.59 Å². The number of amides is 2. The Kier molecular flexibility index (Phi) is 7.61. The molecule has 1 atom stereocenters. The molecule has 0 bridgehead atoms. The first-order valence-corrected chi connectivity index (χ1v) is 11.2. The van der Waals surface area contributed by atoms with E-state index >= 15 is 0 Å². The minimum atomic E-state index is -0.301. The summed E-state index contributed by atoms with van der Waals surface area (Å²) in [4.78, 5) is 30.8. The molecule has 2 heterocycles. The van der Waals surface area contributed by atoms with Crippen LogP contribution < -0.4 is 0 Å². The molecule has 1 unspecified atom stereocenters. The number of halogens is 1. The summed E-state index contributed by atoms with van der Waals surface area (Å²) in [5.74, 6) is -0.610. The maximum Gasteiger partial charge on any atom is 0.242 e. The monoisotopic (exact) mass is 432 g/mol. The van der Waals surface area contributed by atoms with Crippen molar-refractivity contribution in [1.82, 2.24) is 9.80 Å². The molecule has 5 nitrogen and oxygen atoms in total. The fourth-order valence-corrected chi connectivity index (χ4v) is 4.78. The van der Waals surface area contributed by atoms with Crippen LogP contribution in [0.1, 0.15) is 42.3 Å². The quantitative estimate of drug-likeness (QED) is 0.595. The molecule has 30 heavy (non-hydrogen) atoms. The van der Waals surface area contributed by atoms with Crippen LogP contribution in [0.15, 0.2) is 35.7 Å². The van der Waals surface area contributed by atoms with Crippen molar-refractivity contribution >= 4 is 23.2 Å². The lowest BCUT2D eigenvalue weighted by Crippen LogP contribution is -2.47. The lowest BCUT2D eigenvalue weighted by Gasteiger charge is -2.38. The first kappa shape index (κ1) is 22.4. The van der Waals surface area contributed by atoms with Crippen molar-refractivity contribution < 1.29 is 18.7 Å². The maximum atomic E-state index is 13.5. The van der Waals surface area contributed by atoms with Crippen molar-refractivity contribution in [3.8, 4) is 0 Å². The molecule has 2 amide bonds. The van der Waals surface area contributed by atoms with Gasteiger partial charge in [-0.15, -0.1) is 11.3 Å². The summed E-state index contributed by atoms with van der Waals surface area (Å²) >= 11 is 1.69. The van der Waals surface area contributed by atoms with Gasteiger partial charge in [-0.1, -0.05) is 26.0 Å². The van der Waals surface area contributed by atoms with Crippen molar-refractivity contribution in [1.29, 1.82) is 0 Å². The van der Waals surface area contributed by atoms with Gasteiger partial charge in [-0.2, -0.15) is 0 Å². The number of thiophene rings is 1. The largest absolute Gasteiger partial charge is 0.385 e. The molecule has 0 saturated heterocycles. The number of rotatable bonds is 8. The van der Waals surface area contributed by atoms with Gasteiger partial charge in [-0.05, 0) is 47.5 Å². The van der Waals surface area contributed by atoms with Gasteiger partial charge in [0.05, 0.1) is 12.6 Å². The molecular formula is C23H29FN2O3S. The standard InChI is InChI=1S/C23H29FN2O3S/c1-16(2)23(28)25(11-4-13-29-3)15-21(27)26-12-9-20-19(10-14-30-20)22(26)17-5-7-18(24)8-6-17/h5-8,10,14,16,22H,4,9,11-13,15H2,1-3H3. The highest BCUT2D eigenvalue weighted by molar-refractivity contribution is 7.10. The zero-order valence-corrected chi connectivity index (χ0v) is 18.6. The van der Waals surface area contributed by atoms with Crippen LogP contribution in [0.5, 0.6) is 0 Å². The van der Waals surface area contributed by atoms with Crippen LogP contribution in [0.25, 0.3) is 0 Å². The molecule has 7 heteroatoms. The van der Waals surface area contributed by atoms with Crippen molar-refractivity contribution in [2.24, 2.45) is 5.92 Å². The molecule has 0 radical (unpaired) electrons. The highest BCUT2D eigenvalue weighted by Crippen LogP contribution is 2.37. The van der Waals surface area contributed by atoms with Crippen LogP contribution in [-0.4, -0.2) is 55.0 Å². The minimum Gasteiger partial charge on any atom is -0.385 e. The SMILES string of the molecule is COCCCN(CC(=O)N1CCc2sccc2C1c1ccc(F)cc1)C(=O)C(C)C. The molecule has 0 saturated carbocycles. The van der Waals surface area contributed by atoms with Crippen molar-refractivity contribution in [3.05, 3.63) is 57.5 Å². The van der Waals surface area contributed by atoms with E-state index in [2.05, 4.69) is 0 Å². The summed E-state index contributed by atoms with van der Waals surface area (Å²) in [7, 11) is 1.62. The number of carbonyl (C=O) groups is 2. The fourth-order valence-electron chi connectivity index (χ4n) is 3.88. The number of carbonyl (C=O) groups excluding carboxylic acids is 2. The lowest BCUT2D eigenvalue weighted by atomic mass is 9.93. The van der Waals surface area contributed by atoms with Gasteiger partial charge in [0.2, 0.25) is 11.8 Å². The van der Waals surface area contributed by atoms with Gasteiger partial charge >= 0.3 is 0 Å². The van der Waals surface area contributed by atoms with E-state index in [1.807, 2.05) is 30.2 Å². The Morgan fingerprint density at radius 1 is 1.27 bits per heavy atom. The summed E-state index contributed by atoms with van der Waals surface area (Å²) in [5, 5.41) is 2.04. The highest BCUT2D eigenvalue weighted by atomic mass is 32.1. The van der Waals surface area contributed by atoms with Crippen LogP contribution in [0, 0.1) is 11.7 Å². The second-order valence-electron chi connectivity index (χ2n) is 7.85. The van der Waals surface area contributed by atoms with Crippen LogP contribution >= 0.6 is 11.3 Å². The van der Waals surface area contributed by atoms with Gasteiger partial charge in [0, 0.05) is 37.6 Å². The van der Waals surface area contributed by atoms with Gasteiger partial charge < -0.3 is 14.5 Å². The zero-order valence-electron chi connectivity index (χ0n) is 17.8. The molecule has 0 aliphatic carbocycles. The smallest absolute Gasteiger partial charge is 0.242 e. The molecule has 162 valence electrons. The van der Waals surface area contributed by atoms with Crippen molar-refractivity contribution in [3.63, 3.8) is 0 Å². The van der Waals surface area contributed by atoms with Gasteiger partial charge in [0.25, 0.3) is 0 Å². The Bertz CT molecular complexity index is 866. The van der Waals surface area contributed by atoms with E-state index in [4.69, 9.17) is 4.74 Å². The van der Waals surface area contributed by atoms with Gasteiger partial charge in [-0.25, -0.2) is 4.39 Å². The molecule has 0 spiro atoms. The summed E-state index contributed by atoms with van der Waals surface area (Å²) in [6, 6.07) is 8.12. The average molecular weight is 433 g/mol. The van der Waals surface area contributed by atoms with E-state index in [0.29, 0.717) is 26.1 Å². The summed E-state index contributed by atoms with van der Waals surface area (Å²) in [6.45, 7) is 5.33. The molecule has 1 aromatic heterocycles. The molecule has 2 aromatic rings. The number of nitrogens with zero attached hydrogens (tertiary/aromatic N) is 2. The number of fused-ring (bicyclic) bond motifs is 1. The second kappa shape index (κ2) is 10.2. The maximum absolute atomic E-state index is 13.5. The Hall–Kier alpha value is -2.25. The normalized spacial score (nSPS) is 15.9. The van der Waals surface area contributed by atoms with E-state index in [1.54, 1.807) is 35.5 Å². The van der Waals surface area contributed by atoms with Crippen molar-refractivity contribution in [2.75, 3.05) is 33.4 Å². The van der Waals surface area contributed by atoms with Crippen molar-refractivity contribution in [2.45, 2.75) is 32.7 Å². The topological polar surface area (TPSA) is 49.9 Å². The third-order valence-electron chi connectivity index (χ3n) is 5.38. The fraction of sp³-hybridized carbons (Fsp3) is 0.478. The minimum absolute atomic E-state index is 0.0361. The van der Waals surface area contributed by atoms with Crippen LogP contribution in [0.2, 0.25) is 0 Å². The Morgan fingerprint density at radius 2 is 2.00 bits per heavy atom. The van der Waals surface area contributed by atoms with Crippen LogP contribution in [0.4, 0.5) is 4.39 Å². The predicted molar refractivity (Wildman–Crippen MR) is 116 cm³/mol. The Balaban J connectivity index is 1.84. The van der Waals surface area contributed by atoms with Crippen LogP contribution in [-0.2, 0) is 20.7 Å². The molecule has 3 rings (SSSR count). The van der Waals surface area contributed by atoms with Crippen LogP contribution in [0.3, 0.4) is 0 Å². The summed E-state index contributed by atoms with van der Waals surface area (Å²) < 4.78 is 18.6. The van der Waals surface area contributed by atoms with E-state index in [1.165, 1.54) is 17.0 Å². The molecule has 0 N–H and O–H groups in total. The zero-order chi connectivity index (χ0) is 21.7. The highest BCUT2D eigenvalue weighted by Gasteiger charge is 2.34. The Labute approximate surface area is 181 Å². The first-order valence-electron chi connectivity index (χ1n) is 10.3. The van der Waals surface area contributed by atoms with E-state index in [9.17, 15) is 14.0 Å². The molecule has 1 aliphatic rings. The molecule has 1 aromatic carbocycles. The van der Waals surface area contributed by atoms with E-state index < -0.39 is 0 Å². The number of ether oxygens (including phenoxy) is 1.